The average molecular weight is 352 g/mol. The van der Waals surface area contributed by atoms with E-state index in [4.69, 9.17) is 0 Å². The maximum Gasteiger partial charge on any atom is 0.311 e. The normalized spacial score (nSPS) is 20.7. The second-order valence-electron chi connectivity index (χ2n) is 6.07. The quantitative estimate of drug-likeness (QED) is 0.496. The Kier molecular flexibility index (Phi) is 5.48. The fourth-order valence-electron chi connectivity index (χ4n) is 2.84. The van der Waals surface area contributed by atoms with E-state index in [1.807, 2.05) is 6.92 Å². The van der Waals surface area contributed by atoms with E-state index < -0.39 is 16.3 Å². The fourth-order valence-corrected chi connectivity index (χ4v) is 3.61. The molecule has 0 aromatic heterocycles. The number of benzene rings is 1. The molecule has 2 rings (SSSR count). The summed E-state index contributed by atoms with van der Waals surface area (Å²) in [6.07, 6.45) is 1.11. The van der Waals surface area contributed by atoms with Crippen molar-refractivity contribution in [3.63, 3.8) is 0 Å². The third-order valence-corrected chi connectivity index (χ3v) is 5.16. The van der Waals surface area contributed by atoms with E-state index in [0.29, 0.717) is 24.3 Å². The molecule has 130 valence electrons. The van der Waals surface area contributed by atoms with Gasteiger partial charge in [0.25, 0.3) is 11.6 Å². The molecule has 7 nitrogen and oxygen atoms in total. The predicted molar refractivity (Wildman–Crippen MR) is 90.4 cm³/mol. The molecule has 1 aromatic carbocycles. The first-order valence-electron chi connectivity index (χ1n) is 7.72. The lowest BCUT2D eigenvalue weighted by Crippen LogP contribution is -2.48. The summed E-state index contributed by atoms with van der Waals surface area (Å²) in [4.78, 5) is 37.0. The number of likely N-dealkylation sites (tertiary alicyclic amines) is 1. The van der Waals surface area contributed by atoms with E-state index in [9.17, 15) is 24.8 Å². The summed E-state index contributed by atoms with van der Waals surface area (Å²) >= 11 is 1.43. The molecular formula is C16H20N2O5S. The number of rotatable bonds is 5. The van der Waals surface area contributed by atoms with E-state index in [0.717, 1.165) is 5.75 Å². The lowest BCUT2D eigenvalue weighted by atomic mass is 9.82. The third kappa shape index (κ3) is 3.69. The van der Waals surface area contributed by atoms with Crippen LogP contribution in [0.3, 0.4) is 0 Å². The van der Waals surface area contributed by atoms with Gasteiger partial charge in [-0.05, 0) is 31.6 Å². The smallest absolute Gasteiger partial charge is 0.311 e. The number of aliphatic carboxylic acids is 1. The van der Waals surface area contributed by atoms with Gasteiger partial charge in [-0.25, -0.2) is 0 Å². The number of carboxylic acids is 1. The van der Waals surface area contributed by atoms with Crippen LogP contribution < -0.4 is 0 Å². The Balaban J connectivity index is 2.35. The van der Waals surface area contributed by atoms with Crippen LogP contribution in [0.1, 0.15) is 37.0 Å². The molecule has 1 amide bonds. The van der Waals surface area contributed by atoms with Crippen molar-refractivity contribution in [1.82, 2.24) is 4.90 Å². The number of hydrogen-bond donors (Lipinski definition) is 1. The standard InChI is InChI=1S/C16H20N2O5S/c1-3-24-13-6-5-11(18(22)23)9-12(13)14(19)17-8-4-7-16(2,10-17)15(20)21/h5-6,9H,3-4,7-8,10H2,1-2H3,(H,20,21). The Labute approximate surface area is 144 Å². The van der Waals surface area contributed by atoms with Crippen molar-refractivity contribution in [3.05, 3.63) is 33.9 Å². The largest absolute Gasteiger partial charge is 0.481 e. The minimum atomic E-state index is -0.979. The molecule has 1 unspecified atom stereocenters. The molecule has 1 aromatic rings. The van der Waals surface area contributed by atoms with Crippen molar-refractivity contribution in [1.29, 1.82) is 0 Å². The average Bonchev–Trinajstić information content (AvgIpc) is 2.54. The first kappa shape index (κ1) is 18.3. The highest BCUT2D eigenvalue weighted by atomic mass is 32.2. The summed E-state index contributed by atoms with van der Waals surface area (Å²) in [5.74, 6) is -0.547. The molecule has 0 spiro atoms. The minimum absolute atomic E-state index is 0.111. The molecule has 1 aliphatic rings. The Hall–Kier alpha value is -2.09. The van der Waals surface area contributed by atoms with E-state index in [-0.39, 0.29) is 23.7 Å². The summed E-state index contributed by atoms with van der Waals surface area (Å²) in [6, 6.07) is 4.25. The van der Waals surface area contributed by atoms with Gasteiger partial charge in [-0.3, -0.25) is 19.7 Å². The number of carboxylic acid groups (broad SMARTS) is 1. The number of thioether (sulfide) groups is 1. The van der Waals surface area contributed by atoms with Crippen molar-refractivity contribution in [3.8, 4) is 0 Å². The van der Waals surface area contributed by atoms with Gasteiger partial charge in [-0.2, -0.15) is 0 Å². The lowest BCUT2D eigenvalue weighted by Gasteiger charge is -2.37. The molecule has 1 aliphatic heterocycles. The maximum absolute atomic E-state index is 12.9. The van der Waals surface area contributed by atoms with Crippen LogP contribution in [-0.2, 0) is 4.79 Å². The van der Waals surface area contributed by atoms with Gasteiger partial charge < -0.3 is 10.0 Å². The van der Waals surface area contributed by atoms with Crippen molar-refractivity contribution in [2.45, 2.75) is 31.6 Å². The van der Waals surface area contributed by atoms with Crippen molar-refractivity contribution >= 4 is 29.3 Å². The number of nitro groups is 1. The number of carbonyl (C=O) groups excluding carboxylic acids is 1. The number of carbonyl (C=O) groups is 2. The molecule has 1 N–H and O–H groups in total. The SMILES string of the molecule is CCSc1ccc([N+](=O)[O-])cc1C(=O)N1CCCC(C)(C(=O)O)C1. The molecule has 24 heavy (non-hydrogen) atoms. The number of amides is 1. The zero-order valence-corrected chi connectivity index (χ0v) is 14.5. The zero-order valence-electron chi connectivity index (χ0n) is 13.7. The van der Waals surface area contributed by atoms with Crippen LogP contribution in [-0.4, -0.2) is 45.6 Å². The fraction of sp³-hybridized carbons (Fsp3) is 0.500. The Bertz CT molecular complexity index is 678. The van der Waals surface area contributed by atoms with E-state index >= 15 is 0 Å². The van der Waals surface area contributed by atoms with Crippen LogP contribution in [0.25, 0.3) is 0 Å². The van der Waals surface area contributed by atoms with Crippen LogP contribution in [0.15, 0.2) is 23.1 Å². The summed E-state index contributed by atoms with van der Waals surface area (Å²) in [6.45, 7) is 4.13. The van der Waals surface area contributed by atoms with E-state index in [2.05, 4.69) is 0 Å². The number of hydrogen-bond acceptors (Lipinski definition) is 5. The van der Waals surface area contributed by atoms with Gasteiger partial charge in [0.05, 0.1) is 15.9 Å². The highest BCUT2D eigenvalue weighted by molar-refractivity contribution is 7.99. The van der Waals surface area contributed by atoms with Crippen molar-refractivity contribution in [2.24, 2.45) is 5.41 Å². The Morgan fingerprint density at radius 2 is 2.17 bits per heavy atom. The minimum Gasteiger partial charge on any atom is -0.481 e. The van der Waals surface area contributed by atoms with Gasteiger partial charge in [-0.15, -0.1) is 11.8 Å². The maximum atomic E-state index is 12.9. The van der Waals surface area contributed by atoms with Crippen LogP contribution in [0, 0.1) is 15.5 Å². The predicted octanol–water partition coefficient (Wildman–Crippen LogP) is 3.03. The molecule has 0 saturated carbocycles. The number of piperidine rings is 1. The van der Waals surface area contributed by atoms with Crippen molar-refractivity contribution < 1.29 is 19.6 Å². The second kappa shape index (κ2) is 7.21. The molecule has 1 fully saturated rings. The van der Waals surface area contributed by atoms with Gasteiger partial charge in [0.15, 0.2) is 0 Å². The van der Waals surface area contributed by atoms with Gasteiger partial charge in [0.2, 0.25) is 0 Å². The first-order valence-corrected chi connectivity index (χ1v) is 8.71. The van der Waals surface area contributed by atoms with Crippen LogP contribution in [0.4, 0.5) is 5.69 Å². The van der Waals surface area contributed by atoms with Crippen LogP contribution in [0.2, 0.25) is 0 Å². The molecule has 0 bridgehead atoms. The molecule has 1 heterocycles. The Morgan fingerprint density at radius 3 is 2.75 bits per heavy atom. The number of non-ortho nitro benzene ring substituents is 1. The zero-order chi connectivity index (χ0) is 17.9. The van der Waals surface area contributed by atoms with Gasteiger partial charge in [-0.1, -0.05) is 6.92 Å². The Morgan fingerprint density at radius 1 is 1.46 bits per heavy atom. The first-order chi connectivity index (χ1) is 11.3. The third-order valence-electron chi connectivity index (χ3n) is 4.20. The molecule has 1 saturated heterocycles. The lowest BCUT2D eigenvalue weighted by molar-refractivity contribution is -0.384. The van der Waals surface area contributed by atoms with Gasteiger partial charge >= 0.3 is 5.97 Å². The van der Waals surface area contributed by atoms with Crippen molar-refractivity contribution in [2.75, 3.05) is 18.8 Å². The number of nitro benzene ring substituents is 1. The second-order valence-corrected chi connectivity index (χ2v) is 7.37. The highest BCUT2D eigenvalue weighted by Crippen LogP contribution is 2.33. The molecule has 1 atom stereocenters. The van der Waals surface area contributed by atoms with E-state index in [1.165, 1.54) is 28.8 Å². The van der Waals surface area contributed by atoms with Gasteiger partial charge in [0, 0.05) is 30.1 Å². The highest BCUT2D eigenvalue weighted by Gasteiger charge is 2.40. The van der Waals surface area contributed by atoms with Crippen LogP contribution in [0.5, 0.6) is 0 Å². The summed E-state index contributed by atoms with van der Waals surface area (Å²) in [7, 11) is 0. The van der Waals surface area contributed by atoms with E-state index in [1.54, 1.807) is 13.0 Å². The monoisotopic (exact) mass is 352 g/mol. The van der Waals surface area contributed by atoms with Crippen LogP contribution >= 0.6 is 11.8 Å². The summed E-state index contributed by atoms with van der Waals surface area (Å²) in [5.41, 5.74) is -0.852. The molecule has 0 radical (unpaired) electrons. The molecule has 0 aliphatic carbocycles. The summed E-state index contributed by atoms with van der Waals surface area (Å²) < 4.78 is 0. The molecular weight excluding hydrogens is 332 g/mol. The molecule has 8 heteroatoms. The summed E-state index contributed by atoms with van der Waals surface area (Å²) in [5, 5.41) is 20.4. The van der Waals surface area contributed by atoms with Gasteiger partial charge in [0.1, 0.15) is 0 Å². The topological polar surface area (TPSA) is 101 Å². The number of nitrogens with zero attached hydrogens (tertiary/aromatic N) is 2.